The summed E-state index contributed by atoms with van der Waals surface area (Å²) in [7, 11) is -3.60. The molecule has 1 N–H and O–H groups in total. The highest BCUT2D eigenvalue weighted by molar-refractivity contribution is 9.10. The van der Waals surface area contributed by atoms with Crippen molar-refractivity contribution in [3.63, 3.8) is 0 Å². The smallest absolute Gasteiger partial charge is 0.206 e. The van der Waals surface area contributed by atoms with Gasteiger partial charge in [0.2, 0.25) is 0 Å². The maximum Gasteiger partial charge on any atom is 0.250 e. The van der Waals surface area contributed by atoms with E-state index in [2.05, 4.69) is 20.7 Å². The molecule has 0 spiro atoms. The molecule has 2 aromatic rings. The predicted molar refractivity (Wildman–Crippen MR) is 81.9 cm³/mol. The first-order valence-corrected chi connectivity index (χ1v) is 8.79. The maximum absolute atomic E-state index is 12.2. The van der Waals surface area contributed by atoms with Crippen LogP contribution in [0.15, 0.2) is 45.1 Å². The van der Waals surface area contributed by atoms with Gasteiger partial charge in [0.25, 0.3) is 10.0 Å². The van der Waals surface area contributed by atoms with Crippen molar-refractivity contribution in [1.82, 2.24) is 4.72 Å². The molecule has 0 aliphatic rings. The van der Waals surface area contributed by atoms with Crippen molar-refractivity contribution in [3.05, 3.63) is 51.3 Å². The van der Waals surface area contributed by atoms with E-state index in [-0.39, 0.29) is 10.3 Å². The minimum atomic E-state index is -3.60. The zero-order chi connectivity index (χ0) is 14.8. The van der Waals surface area contributed by atoms with E-state index in [9.17, 15) is 8.42 Å². The lowest BCUT2D eigenvalue weighted by Crippen LogP contribution is -2.26. The van der Waals surface area contributed by atoms with Crippen LogP contribution in [0.1, 0.15) is 23.4 Å². The van der Waals surface area contributed by atoms with Crippen LogP contribution < -0.4 is 4.72 Å². The van der Waals surface area contributed by atoms with Crippen LogP contribution in [0.3, 0.4) is 0 Å². The fraction of sp³-hybridized carbons (Fsp3) is 0.154. The molecule has 0 radical (unpaired) electrons. The monoisotopic (exact) mass is 370 g/mol. The first kappa shape index (κ1) is 15.2. The average molecular weight is 371 g/mol. The minimum absolute atomic E-state index is 0.151. The van der Waals surface area contributed by atoms with Crippen molar-refractivity contribution in [2.45, 2.75) is 17.2 Å². The van der Waals surface area contributed by atoms with E-state index in [4.69, 9.17) is 5.26 Å². The van der Waals surface area contributed by atoms with Gasteiger partial charge in [-0.1, -0.05) is 28.1 Å². The van der Waals surface area contributed by atoms with Crippen LogP contribution >= 0.6 is 27.3 Å². The van der Waals surface area contributed by atoms with Gasteiger partial charge in [-0.15, -0.1) is 11.3 Å². The van der Waals surface area contributed by atoms with Crippen LogP contribution in [0.25, 0.3) is 0 Å². The number of nitrogens with zero attached hydrogens (tertiary/aromatic N) is 1. The van der Waals surface area contributed by atoms with E-state index in [1.54, 1.807) is 6.92 Å². The lowest BCUT2D eigenvalue weighted by Gasteiger charge is -2.13. The molecule has 20 heavy (non-hydrogen) atoms. The molecule has 1 aromatic heterocycles. The fourth-order valence-corrected chi connectivity index (χ4v) is 4.25. The van der Waals surface area contributed by atoms with Crippen LogP contribution in [0.4, 0.5) is 0 Å². The highest BCUT2D eigenvalue weighted by atomic mass is 79.9. The van der Waals surface area contributed by atoms with Gasteiger partial charge in [0, 0.05) is 10.5 Å². The summed E-state index contributed by atoms with van der Waals surface area (Å²) in [6, 6.07) is 12.0. The SMILES string of the molecule is C[C@@H](NS(=O)(=O)c1ccc(C#N)s1)c1ccc(Br)cc1. The standard InChI is InChI=1S/C13H11BrN2O2S2/c1-9(10-2-4-11(14)5-3-10)16-20(17,18)13-7-6-12(8-15)19-13/h2-7,9,16H,1H3/t9-/m1/s1. The van der Waals surface area contributed by atoms with Crippen molar-refractivity contribution in [2.75, 3.05) is 0 Å². The Kier molecular flexibility index (Phi) is 4.60. The van der Waals surface area contributed by atoms with E-state index < -0.39 is 10.0 Å². The number of hydrogen-bond donors (Lipinski definition) is 1. The van der Waals surface area contributed by atoms with Crippen LogP contribution in [0.2, 0.25) is 0 Å². The Morgan fingerprint density at radius 2 is 1.90 bits per heavy atom. The van der Waals surface area contributed by atoms with Crippen LogP contribution in [0, 0.1) is 11.3 Å². The molecule has 0 fully saturated rings. The Morgan fingerprint density at radius 3 is 2.45 bits per heavy atom. The number of nitriles is 1. The molecule has 2 rings (SSSR count). The Balaban J connectivity index is 2.20. The second-order valence-electron chi connectivity index (χ2n) is 4.13. The topological polar surface area (TPSA) is 70.0 Å². The lowest BCUT2D eigenvalue weighted by molar-refractivity contribution is 0.569. The number of sulfonamides is 1. The first-order valence-electron chi connectivity index (χ1n) is 5.70. The molecule has 4 nitrogen and oxygen atoms in total. The summed E-state index contributed by atoms with van der Waals surface area (Å²) < 4.78 is 28.1. The van der Waals surface area contributed by atoms with Gasteiger partial charge in [-0.25, -0.2) is 13.1 Å². The van der Waals surface area contributed by atoms with Crippen molar-refractivity contribution in [3.8, 4) is 6.07 Å². The van der Waals surface area contributed by atoms with Gasteiger partial charge in [0.15, 0.2) is 0 Å². The molecular weight excluding hydrogens is 360 g/mol. The highest BCUT2D eigenvalue weighted by Gasteiger charge is 2.20. The molecule has 0 saturated carbocycles. The van der Waals surface area contributed by atoms with E-state index in [1.165, 1.54) is 12.1 Å². The third-order valence-electron chi connectivity index (χ3n) is 2.66. The molecule has 0 saturated heterocycles. The third-order valence-corrected chi connectivity index (χ3v) is 6.21. The Labute approximate surface area is 130 Å². The van der Waals surface area contributed by atoms with E-state index in [0.717, 1.165) is 21.4 Å². The largest absolute Gasteiger partial charge is 0.250 e. The van der Waals surface area contributed by atoms with E-state index in [1.807, 2.05) is 30.3 Å². The summed E-state index contributed by atoms with van der Waals surface area (Å²) in [6.07, 6.45) is 0. The van der Waals surface area contributed by atoms with Gasteiger partial charge < -0.3 is 0 Å². The van der Waals surface area contributed by atoms with Gasteiger partial charge in [0.05, 0.1) is 0 Å². The van der Waals surface area contributed by atoms with E-state index in [0.29, 0.717) is 4.88 Å². The zero-order valence-corrected chi connectivity index (χ0v) is 13.7. The van der Waals surface area contributed by atoms with Gasteiger partial charge >= 0.3 is 0 Å². The predicted octanol–water partition coefficient (Wildman–Crippen LogP) is 3.42. The zero-order valence-electron chi connectivity index (χ0n) is 10.5. The highest BCUT2D eigenvalue weighted by Crippen LogP contribution is 2.23. The Bertz CT molecular complexity index is 745. The lowest BCUT2D eigenvalue weighted by atomic mass is 10.1. The molecule has 0 unspecified atom stereocenters. The van der Waals surface area contributed by atoms with Crippen molar-refractivity contribution in [2.24, 2.45) is 0 Å². The number of benzene rings is 1. The normalized spacial score (nSPS) is 12.8. The maximum atomic E-state index is 12.2. The fourth-order valence-electron chi connectivity index (χ4n) is 1.63. The second kappa shape index (κ2) is 6.06. The molecule has 0 aliphatic carbocycles. The molecular formula is C13H11BrN2O2S2. The summed E-state index contributed by atoms with van der Waals surface area (Å²) in [5.41, 5.74) is 0.869. The van der Waals surface area contributed by atoms with E-state index >= 15 is 0 Å². The van der Waals surface area contributed by atoms with Gasteiger partial charge in [-0.05, 0) is 36.8 Å². The average Bonchev–Trinajstić information content (AvgIpc) is 2.88. The summed E-state index contributed by atoms with van der Waals surface area (Å²) in [6.45, 7) is 1.78. The summed E-state index contributed by atoms with van der Waals surface area (Å²) >= 11 is 4.30. The number of rotatable bonds is 4. The number of hydrogen-bond acceptors (Lipinski definition) is 4. The van der Waals surface area contributed by atoms with Crippen LogP contribution in [-0.2, 0) is 10.0 Å². The number of nitrogens with one attached hydrogen (secondary N) is 1. The Hall–Kier alpha value is -1.20. The van der Waals surface area contributed by atoms with Crippen LogP contribution in [-0.4, -0.2) is 8.42 Å². The third kappa shape index (κ3) is 3.46. The molecule has 1 heterocycles. The molecule has 0 amide bonds. The molecule has 7 heteroatoms. The summed E-state index contributed by atoms with van der Waals surface area (Å²) in [5, 5.41) is 8.74. The van der Waals surface area contributed by atoms with Gasteiger partial charge in [-0.3, -0.25) is 0 Å². The molecule has 104 valence electrons. The summed E-state index contributed by atoms with van der Waals surface area (Å²) in [4.78, 5) is 0.377. The van der Waals surface area contributed by atoms with Gasteiger partial charge in [-0.2, -0.15) is 5.26 Å². The van der Waals surface area contributed by atoms with Gasteiger partial charge in [0.1, 0.15) is 15.2 Å². The Morgan fingerprint density at radius 1 is 1.25 bits per heavy atom. The second-order valence-corrected chi connectivity index (χ2v) is 8.07. The number of thiophene rings is 1. The summed E-state index contributed by atoms with van der Waals surface area (Å²) in [5.74, 6) is 0. The van der Waals surface area contributed by atoms with Crippen molar-refractivity contribution >= 4 is 37.3 Å². The van der Waals surface area contributed by atoms with Crippen LogP contribution in [0.5, 0.6) is 0 Å². The minimum Gasteiger partial charge on any atom is -0.206 e. The van der Waals surface area contributed by atoms with Crippen molar-refractivity contribution < 1.29 is 8.42 Å². The molecule has 0 bridgehead atoms. The number of halogens is 1. The van der Waals surface area contributed by atoms with Crippen molar-refractivity contribution in [1.29, 1.82) is 5.26 Å². The first-order chi connectivity index (χ1) is 9.42. The molecule has 1 atom stereocenters. The quantitative estimate of drug-likeness (QED) is 0.895. The molecule has 0 aliphatic heterocycles. The molecule has 1 aromatic carbocycles.